The molecule has 4 nitrogen and oxygen atoms in total. The molecule has 2 aromatic rings. The van der Waals surface area contributed by atoms with Crippen LogP contribution in [0, 0.1) is 0 Å². The van der Waals surface area contributed by atoms with Gasteiger partial charge in [-0.1, -0.05) is 36.8 Å². The molecule has 0 saturated carbocycles. The molecule has 1 amide bonds. The summed E-state index contributed by atoms with van der Waals surface area (Å²) in [5.74, 6) is 0.205. The van der Waals surface area contributed by atoms with Gasteiger partial charge in [-0.2, -0.15) is 0 Å². The lowest BCUT2D eigenvalue weighted by Crippen LogP contribution is -2.52. The molecular weight excluding hydrogens is 356 g/mol. The Balaban J connectivity index is 1.39. The summed E-state index contributed by atoms with van der Waals surface area (Å²) in [4.78, 5) is 16.5. The minimum Gasteiger partial charge on any atom is -0.381 e. The van der Waals surface area contributed by atoms with Crippen molar-refractivity contribution in [3.05, 3.63) is 47.3 Å². The third kappa shape index (κ3) is 4.78. The van der Waals surface area contributed by atoms with Crippen molar-refractivity contribution >= 4 is 17.2 Å². The highest BCUT2D eigenvalue weighted by Gasteiger charge is 2.30. The Labute approximate surface area is 165 Å². The van der Waals surface area contributed by atoms with E-state index in [9.17, 15) is 4.79 Å². The summed E-state index contributed by atoms with van der Waals surface area (Å²) < 4.78 is 5.40. The van der Waals surface area contributed by atoms with Crippen LogP contribution in [0.5, 0.6) is 0 Å². The van der Waals surface area contributed by atoms with Gasteiger partial charge in [0.2, 0.25) is 5.91 Å². The quantitative estimate of drug-likeness (QED) is 0.845. The molecule has 0 spiro atoms. The van der Waals surface area contributed by atoms with Crippen molar-refractivity contribution in [1.82, 2.24) is 10.2 Å². The maximum absolute atomic E-state index is 12.9. The number of nitrogens with one attached hydrogen (secondary N) is 1. The van der Waals surface area contributed by atoms with Crippen molar-refractivity contribution in [3.63, 3.8) is 0 Å². The maximum Gasteiger partial charge on any atom is 0.237 e. The minimum atomic E-state index is -0.00133. The Morgan fingerprint density at radius 1 is 1.11 bits per heavy atom. The minimum absolute atomic E-state index is 0.00133. The van der Waals surface area contributed by atoms with Gasteiger partial charge in [0.05, 0.1) is 6.04 Å². The van der Waals surface area contributed by atoms with Gasteiger partial charge in [-0.25, -0.2) is 0 Å². The number of thiophene rings is 1. The van der Waals surface area contributed by atoms with Gasteiger partial charge < -0.3 is 10.1 Å². The third-order valence-electron chi connectivity index (χ3n) is 5.63. The van der Waals surface area contributed by atoms with Gasteiger partial charge in [0.25, 0.3) is 0 Å². The first-order chi connectivity index (χ1) is 13.3. The van der Waals surface area contributed by atoms with Crippen LogP contribution in [-0.2, 0) is 16.1 Å². The average Bonchev–Trinajstić information content (AvgIpc) is 3.24. The van der Waals surface area contributed by atoms with Crippen LogP contribution in [0.2, 0.25) is 0 Å². The molecule has 0 aliphatic carbocycles. The van der Waals surface area contributed by atoms with Crippen LogP contribution in [-0.4, -0.2) is 42.6 Å². The van der Waals surface area contributed by atoms with E-state index in [-0.39, 0.29) is 18.0 Å². The van der Waals surface area contributed by atoms with E-state index in [0.717, 1.165) is 52.0 Å². The highest BCUT2D eigenvalue weighted by Crippen LogP contribution is 2.26. The van der Waals surface area contributed by atoms with Gasteiger partial charge in [0, 0.05) is 30.7 Å². The summed E-state index contributed by atoms with van der Waals surface area (Å²) in [5.41, 5.74) is 2.54. The summed E-state index contributed by atoms with van der Waals surface area (Å²) >= 11 is 1.77. The molecule has 1 aromatic heterocycles. The Morgan fingerprint density at radius 3 is 2.67 bits per heavy atom. The Bertz CT molecular complexity index is 723. The first kappa shape index (κ1) is 18.7. The number of benzene rings is 1. The lowest BCUT2D eigenvalue weighted by atomic mass is 9.99. The second kappa shape index (κ2) is 9.00. The van der Waals surface area contributed by atoms with Crippen LogP contribution in [0.3, 0.4) is 0 Å². The standard InChI is InChI=1S/C22H28N2O2S/c25-22(23-19-10-13-26-14-11-19)20-4-1-2-12-24(20)16-17-6-8-18(9-7-17)21-5-3-15-27-21/h3,5-9,15,19-20H,1-2,4,10-14,16H2,(H,23,25). The van der Waals surface area contributed by atoms with Gasteiger partial charge in [-0.05, 0) is 54.8 Å². The van der Waals surface area contributed by atoms with Crippen molar-refractivity contribution in [1.29, 1.82) is 0 Å². The molecule has 1 unspecified atom stereocenters. The molecule has 2 fully saturated rings. The van der Waals surface area contributed by atoms with Crippen LogP contribution < -0.4 is 5.32 Å². The van der Waals surface area contributed by atoms with Crippen molar-refractivity contribution in [2.45, 2.75) is 50.7 Å². The Hall–Kier alpha value is -1.69. The number of nitrogens with zero attached hydrogens (tertiary/aromatic N) is 1. The predicted molar refractivity (Wildman–Crippen MR) is 110 cm³/mol. The van der Waals surface area contributed by atoms with Crippen LogP contribution in [0.1, 0.15) is 37.7 Å². The van der Waals surface area contributed by atoms with E-state index in [1.54, 1.807) is 11.3 Å². The molecule has 0 bridgehead atoms. The molecule has 4 rings (SSSR count). The zero-order valence-corrected chi connectivity index (χ0v) is 16.5. The van der Waals surface area contributed by atoms with Crippen LogP contribution in [0.4, 0.5) is 0 Å². The fourth-order valence-electron chi connectivity index (χ4n) is 4.07. The van der Waals surface area contributed by atoms with E-state index in [1.807, 2.05) is 0 Å². The van der Waals surface area contributed by atoms with Crippen LogP contribution >= 0.6 is 11.3 Å². The number of carbonyl (C=O) groups excluding carboxylic acids is 1. The van der Waals surface area contributed by atoms with Crippen molar-refractivity contribution in [2.24, 2.45) is 0 Å². The average molecular weight is 385 g/mol. The zero-order valence-electron chi connectivity index (χ0n) is 15.7. The number of ether oxygens (including phenoxy) is 1. The first-order valence-corrected chi connectivity index (χ1v) is 10.9. The molecule has 0 radical (unpaired) electrons. The number of hydrogen-bond donors (Lipinski definition) is 1. The van der Waals surface area contributed by atoms with E-state index in [2.05, 4.69) is 52.0 Å². The molecule has 2 aliphatic heterocycles. The number of carbonyl (C=O) groups is 1. The lowest BCUT2D eigenvalue weighted by Gasteiger charge is -2.36. The molecule has 1 atom stereocenters. The summed E-state index contributed by atoms with van der Waals surface area (Å²) in [6.07, 6.45) is 5.14. The summed E-state index contributed by atoms with van der Waals surface area (Å²) in [7, 11) is 0. The Kier molecular flexibility index (Phi) is 6.22. The molecule has 2 aliphatic rings. The zero-order chi connectivity index (χ0) is 18.5. The largest absolute Gasteiger partial charge is 0.381 e. The van der Waals surface area contributed by atoms with Crippen LogP contribution in [0.15, 0.2) is 41.8 Å². The Morgan fingerprint density at radius 2 is 1.93 bits per heavy atom. The third-order valence-corrected chi connectivity index (χ3v) is 6.55. The van der Waals surface area contributed by atoms with Gasteiger partial charge in [-0.3, -0.25) is 9.69 Å². The number of likely N-dealkylation sites (tertiary alicyclic amines) is 1. The second-order valence-electron chi connectivity index (χ2n) is 7.55. The smallest absolute Gasteiger partial charge is 0.237 e. The van der Waals surface area contributed by atoms with Gasteiger partial charge in [0.1, 0.15) is 0 Å². The van der Waals surface area contributed by atoms with Crippen LogP contribution in [0.25, 0.3) is 10.4 Å². The van der Waals surface area contributed by atoms with Gasteiger partial charge >= 0.3 is 0 Å². The van der Waals surface area contributed by atoms with Gasteiger partial charge in [0.15, 0.2) is 0 Å². The molecule has 5 heteroatoms. The highest BCUT2D eigenvalue weighted by molar-refractivity contribution is 7.13. The fourth-order valence-corrected chi connectivity index (χ4v) is 4.80. The first-order valence-electron chi connectivity index (χ1n) is 10.0. The summed E-state index contributed by atoms with van der Waals surface area (Å²) in [6.45, 7) is 3.36. The molecular formula is C22H28N2O2S. The molecule has 144 valence electrons. The second-order valence-corrected chi connectivity index (χ2v) is 8.50. The van der Waals surface area contributed by atoms with E-state index in [1.165, 1.54) is 22.4 Å². The molecule has 1 aromatic carbocycles. The predicted octanol–water partition coefficient (Wildman–Crippen LogP) is 4.06. The van der Waals surface area contributed by atoms with Gasteiger partial charge in [-0.15, -0.1) is 11.3 Å². The SMILES string of the molecule is O=C(NC1CCOCC1)C1CCCCN1Cc1ccc(-c2cccs2)cc1. The molecule has 2 saturated heterocycles. The normalized spacial score (nSPS) is 21.9. The molecule has 27 heavy (non-hydrogen) atoms. The number of hydrogen-bond acceptors (Lipinski definition) is 4. The fraction of sp³-hybridized carbons (Fsp3) is 0.500. The van der Waals surface area contributed by atoms with E-state index in [4.69, 9.17) is 4.74 Å². The summed E-state index contributed by atoms with van der Waals surface area (Å²) in [5, 5.41) is 5.38. The van der Waals surface area contributed by atoms with Crippen molar-refractivity contribution in [2.75, 3.05) is 19.8 Å². The number of piperidine rings is 1. The highest BCUT2D eigenvalue weighted by atomic mass is 32.1. The molecule has 3 heterocycles. The van der Waals surface area contributed by atoms with E-state index in [0.29, 0.717) is 0 Å². The van der Waals surface area contributed by atoms with E-state index < -0.39 is 0 Å². The number of amides is 1. The topological polar surface area (TPSA) is 41.6 Å². The monoisotopic (exact) mass is 384 g/mol. The van der Waals surface area contributed by atoms with Crippen molar-refractivity contribution in [3.8, 4) is 10.4 Å². The lowest BCUT2D eigenvalue weighted by molar-refractivity contribution is -0.129. The van der Waals surface area contributed by atoms with Crippen molar-refractivity contribution < 1.29 is 9.53 Å². The molecule has 1 N–H and O–H groups in total. The number of rotatable bonds is 5. The summed E-state index contributed by atoms with van der Waals surface area (Å²) in [6, 6.07) is 13.3. The maximum atomic E-state index is 12.9. The van der Waals surface area contributed by atoms with E-state index >= 15 is 0 Å².